The number of hydrogen-bond donors (Lipinski definition) is 1. The van der Waals surface area contributed by atoms with Crippen molar-refractivity contribution in [1.29, 1.82) is 0 Å². The molecule has 6 nitrogen and oxygen atoms in total. The van der Waals surface area contributed by atoms with Crippen molar-refractivity contribution < 1.29 is 4.79 Å². The molecule has 0 radical (unpaired) electrons. The Morgan fingerprint density at radius 2 is 2.22 bits per heavy atom. The summed E-state index contributed by atoms with van der Waals surface area (Å²) >= 11 is 1.57. The van der Waals surface area contributed by atoms with E-state index in [0.29, 0.717) is 18.1 Å². The lowest BCUT2D eigenvalue weighted by atomic mass is 10.3. The van der Waals surface area contributed by atoms with E-state index >= 15 is 0 Å². The van der Waals surface area contributed by atoms with Crippen LogP contribution in [0.5, 0.6) is 0 Å². The summed E-state index contributed by atoms with van der Waals surface area (Å²) in [5.74, 6) is 0.482. The van der Waals surface area contributed by atoms with Crippen molar-refractivity contribution in [1.82, 2.24) is 20.1 Å². The van der Waals surface area contributed by atoms with Crippen molar-refractivity contribution >= 4 is 23.1 Å². The first-order valence-electron chi connectivity index (χ1n) is 5.33. The van der Waals surface area contributed by atoms with E-state index < -0.39 is 0 Å². The topological polar surface area (TPSA) is 71.0 Å². The van der Waals surface area contributed by atoms with Crippen molar-refractivity contribution in [3.63, 3.8) is 0 Å². The van der Waals surface area contributed by atoms with E-state index in [-0.39, 0.29) is 5.91 Å². The fraction of sp³-hybridized carbons (Fsp3) is 0.273. The number of anilines is 1. The van der Waals surface area contributed by atoms with Gasteiger partial charge in [-0.25, -0.2) is 0 Å². The second kappa shape index (κ2) is 5.54. The lowest BCUT2D eigenvalue weighted by molar-refractivity contribution is 0.0821. The summed E-state index contributed by atoms with van der Waals surface area (Å²) in [6, 6.07) is 3.40. The van der Waals surface area contributed by atoms with Crippen LogP contribution in [0, 0.1) is 0 Å². The van der Waals surface area contributed by atoms with Gasteiger partial charge in [0, 0.05) is 25.2 Å². The van der Waals surface area contributed by atoms with Crippen LogP contribution in [0.2, 0.25) is 0 Å². The highest BCUT2D eigenvalue weighted by Gasteiger charge is 2.09. The Bertz CT molecular complexity index is 509. The highest BCUT2D eigenvalue weighted by molar-refractivity contribution is 7.09. The van der Waals surface area contributed by atoms with Gasteiger partial charge in [-0.1, -0.05) is 0 Å². The fourth-order valence-electron chi connectivity index (χ4n) is 1.28. The molecule has 0 saturated carbocycles. The number of carbonyl (C=O) groups is 1. The van der Waals surface area contributed by atoms with Crippen LogP contribution in [0.4, 0.5) is 5.82 Å². The van der Waals surface area contributed by atoms with Crippen molar-refractivity contribution in [2.24, 2.45) is 0 Å². The average Bonchev–Trinajstić information content (AvgIpc) is 2.89. The van der Waals surface area contributed by atoms with Crippen molar-refractivity contribution in [2.45, 2.75) is 6.54 Å². The van der Waals surface area contributed by atoms with Gasteiger partial charge in [-0.3, -0.25) is 9.78 Å². The zero-order chi connectivity index (χ0) is 13.0. The van der Waals surface area contributed by atoms with E-state index in [0.717, 1.165) is 4.88 Å². The number of carbonyl (C=O) groups excluding carboxylic acids is 1. The van der Waals surface area contributed by atoms with E-state index in [1.807, 2.05) is 0 Å². The fourth-order valence-corrected chi connectivity index (χ4v) is 1.81. The van der Waals surface area contributed by atoms with E-state index in [1.165, 1.54) is 4.90 Å². The zero-order valence-corrected chi connectivity index (χ0v) is 10.9. The third kappa shape index (κ3) is 3.01. The number of amides is 1. The molecule has 1 amide bonds. The molecule has 0 bridgehead atoms. The van der Waals surface area contributed by atoms with Crippen molar-refractivity contribution in [3.05, 3.63) is 34.4 Å². The molecule has 0 aliphatic carbocycles. The second-order valence-electron chi connectivity index (χ2n) is 3.82. The quantitative estimate of drug-likeness (QED) is 0.898. The Morgan fingerprint density at radius 3 is 2.78 bits per heavy atom. The molecular formula is C11H13N5OS. The summed E-state index contributed by atoms with van der Waals surface area (Å²) in [6.45, 7) is 0.653. The van der Waals surface area contributed by atoms with Gasteiger partial charge in [0.25, 0.3) is 5.91 Å². The Hall–Kier alpha value is -2.02. The highest BCUT2D eigenvalue weighted by Crippen LogP contribution is 2.09. The Kier molecular flexibility index (Phi) is 3.83. The van der Waals surface area contributed by atoms with Crippen LogP contribution in [0.25, 0.3) is 0 Å². The molecule has 0 unspecified atom stereocenters. The summed E-state index contributed by atoms with van der Waals surface area (Å²) in [4.78, 5) is 18.2. The molecule has 2 aromatic rings. The molecule has 0 atom stereocenters. The molecule has 18 heavy (non-hydrogen) atoms. The lowest BCUT2D eigenvalue weighted by Crippen LogP contribution is -2.23. The summed E-state index contributed by atoms with van der Waals surface area (Å²) in [7, 11) is 3.36. The van der Waals surface area contributed by atoms with E-state index in [1.54, 1.807) is 49.3 Å². The smallest absolute Gasteiger partial charge is 0.273 e. The molecule has 2 heterocycles. The van der Waals surface area contributed by atoms with Gasteiger partial charge in [0.1, 0.15) is 5.82 Å². The Balaban J connectivity index is 1.97. The molecule has 2 rings (SSSR count). The van der Waals surface area contributed by atoms with Gasteiger partial charge < -0.3 is 10.2 Å². The first-order valence-corrected chi connectivity index (χ1v) is 6.21. The number of nitrogens with one attached hydrogen (secondary N) is 1. The SMILES string of the molecule is CN(C)C(=O)c1ccc(NCc2cncs2)nn1. The van der Waals surface area contributed by atoms with Gasteiger partial charge in [0.2, 0.25) is 0 Å². The molecule has 0 aromatic carbocycles. The summed E-state index contributed by atoms with van der Waals surface area (Å²) in [5.41, 5.74) is 2.12. The van der Waals surface area contributed by atoms with E-state index in [2.05, 4.69) is 20.5 Å². The molecule has 94 valence electrons. The third-order valence-electron chi connectivity index (χ3n) is 2.22. The maximum Gasteiger partial charge on any atom is 0.273 e. The maximum atomic E-state index is 11.6. The van der Waals surface area contributed by atoms with Gasteiger partial charge in [-0.05, 0) is 12.1 Å². The summed E-state index contributed by atoms with van der Waals surface area (Å²) in [6.07, 6.45) is 1.80. The molecule has 0 aliphatic heterocycles. The number of aromatic nitrogens is 3. The second-order valence-corrected chi connectivity index (χ2v) is 4.80. The Morgan fingerprint density at radius 1 is 1.39 bits per heavy atom. The number of nitrogens with zero attached hydrogens (tertiary/aromatic N) is 4. The number of rotatable bonds is 4. The third-order valence-corrected chi connectivity index (χ3v) is 3.00. The van der Waals surface area contributed by atoms with Crippen LogP contribution >= 0.6 is 11.3 Å². The van der Waals surface area contributed by atoms with Gasteiger partial charge in [0.15, 0.2) is 5.69 Å². The molecule has 0 aliphatic rings. The largest absolute Gasteiger partial charge is 0.364 e. The molecule has 1 N–H and O–H groups in total. The molecule has 2 aromatic heterocycles. The van der Waals surface area contributed by atoms with Gasteiger partial charge in [-0.2, -0.15) is 0 Å². The molecular weight excluding hydrogens is 250 g/mol. The molecule has 7 heteroatoms. The predicted octanol–water partition coefficient (Wildman–Crippen LogP) is 1.25. The van der Waals surface area contributed by atoms with Crippen LogP contribution in [-0.4, -0.2) is 40.1 Å². The van der Waals surface area contributed by atoms with Crippen LogP contribution in [0.15, 0.2) is 23.8 Å². The van der Waals surface area contributed by atoms with E-state index in [4.69, 9.17) is 0 Å². The monoisotopic (exact) mass is 263 g/mol. The normalized spacial score (nSPS) is 10.1. The average molecular weight is 263 g/mol. The maximum absolute atomic E-state index is 11.6. The lowest BCUT2D eigenvalue weighted by Gasteiger charge is -2.09. The number of hydrogen-bond acceptors (Lipinski definition) is 6. The van der Waals surface area contributed by atoms with Crippen LogP contribution < -0.4 is 5.32 Å². The molecule has 0 spiro atoms. The predicted molar refractivity (Wildman–Crippen MR) is 69.5 cm³/mol. The summed E-state index contributed by atoms with van der Waals surface area (Å²) in [5, 5.41) is 11.0. The minimum Gasteiger partial charge on any atom is -0.364 e. The minimum absolute atomic E-state index is 0.156. The minimum atomic E-state index is -0.156. The van der Waals surface area contributed by atoms with Crippen LogP contribution in [-0.2, 0) is 6.54 Å². The van der Waals surface area contributed by atoms with Gasteiger partial charge in [-0.15, -0.1) is 21.5 Å². The molecule has 0 saturated heterocycles. The van der Waals surface area contributed by atoms with Gasteiger partial charge >= 0.3 is 0 Å². The first-order chi connectivity index (χ1) is 8.66. The zero-order valence-electron chi connectivity index (χ0n) is 10.1. The standard InChI is InChI=1S/C11H13N5OS/c1-16(2)11(17)9-3-4-10(15-14-9)13-6-8-5-12-7-18-8/h3-5,7H,6H2,1-2H3,(H,13,15). The highest BCUT2D eigenvalue weighted by atomic mass is 32.1. The van der Waals surface area contributed by atoms with Crippen molar-refractivity contribution in [2.75, 3.05) is 19.4 Å². The first kappa shape index (κ1) is 12.4. The van der Waals surface area contributed by atoms with Crippen LogP contribution in [0.1, 0.15) is 15.4 Å². The molecule has 0 fully saturated rings. The number of thiazole rings is 1. The Labute approximate surface area is 109 Å². The van der Waals surface area contributed by atoms with E-state index in [9.17, 15) is 4.79 Å². The van der Waals surface area contributed by atoms with Gasteiger partial charge in [0.05, 0.1) is 12.1 Å². The van der Waals surface area contributed by atoms with Crippen molar-refractivity contribution in [3.8, 4) is 0 Å². The summed E-state index contributed by atoms with van der Waals surface area (Å²) < 4.78 is 0. The van der Waals surface area contributed by atoms with Crippen LogP contribution in [0.3, 0.4) is 0 Å².